The van der Waals surface area contributed by atoms with Gasteiger partial charge in [-0.05, 0) is 43.7 Å². The van der Waals surface area contributed by atoms with Crippen molar-refractivity contribution in [3.8, 4) is 0 Å². The molecule has 0 saturated heterocycles. The zero-order valence-corrected chi connectivity index (χ0v) is 17.7. The first-order chi connectivity index (χ1) is 12.6. The zero-order chi connectivity index (χ0) is 20.2. The van der Waals surface area contributed by atoms with Crippen LogP contribution >= 0.6 is 23.2 Å². The van der Waals surface area contributed by atoms with Crippen molar-refractivity contribution in [3.05, 3.63) is 63.6 Å². The Kier molecular flexibility index (Phi) is 7.28. The van der Waals surface area contributed by atoms with Gasteiger partial charge in [-0.25, -0.2) is 13.1 Å². The molecule has 0 aliphatic heterocycles. The molecular weight excluding hydrogens is 407 g/mol. The molecule has 2 rings (SSSR count). The number of rotatable bonds is 7. The summed E-state index contributed by atoms with van der Waals surface area (Å²) in [6.07, 6.45) is 0.0388. The van der Waals surface area contributed by atoms with Gasteiger partial charge in [-0.2, -0.15) is 0 Å². The Labute approximate surface area is 170 Å². The molecule has 0 aromatic heterocycles. The molecule has 0 saturated carbocycles. The van der Waals surface area contributed by atoms with Crippen LogP contribution < -0.4 is 4.72 Å². The molecule has 0 aliphatic carbocycles. The summed E-state index contributed by atoms with van der Waals surface area (Å²) in [4.78, 5) is 14.1. The molecule has 1 amide bonds. The van der Waals surface area contributed by atoms with Crippen LogP contribution in [0.1, 0.15) is 30.5 Å². The van der Waals surface area contributed by atoms with Gasteiger partial charge in [-0.15, -0.1) is 0 Å². The number of sulfonamides is 1. The van der Waals surface area contributed by atoms with Crippen LogP contribution in [0.3, 0.4) is 0 Å². The van der Waals surface area contributed by atoms with Gasteiger partial charge in [0.25, 0.3) is 0 Å². The van der Waals surface area contributed by atoms with Crippen LogP contribution in [0.4, 0.5) is 0 Å². The Bertz CT molecular complexity index is 915. The van der Waals surface area contributed by atoms with Crippen LogP contribution in [0.25, 0.3) is 0 Å². The Balaban J connectivity index is 1.95. The normalized spacial score (nSPS) is 12.6. The van der Waals surface area contributed by atoms with E-state index >= 15 is 0 Å². The number of nitrogens with one attached hydrogen (secondary N) is 1. The van der Waals surface area contributed by atoms with Crippen molar-refractivity contribution in [1.82, 2.24) is 9.62 Å². The molecule has 0 heterocycles. The fourth-order valence-corrected chi connectivity index (χ4v) is 4.13. The van der Waals surface area contributed by atoms with Crippen LogP contribution in [0.2, 0.25) is 10.0 Å². The largest absolute Gasteiger partial charge is 0.339 e. The van der Waals surface area contributed by atoms with Crippen molar-refractivity contribution in [2.75, 3.05) is 13.6 Å². The Morgan fingerprint density at radius 2 is 1.78 bits per heavy atom. The number of hydrogen-bond donors (Lipinski definition) is 1. The summed E-state index contributed by atoms with van der Waals surface area (Å²) < 4.78 is 27.0. The molecule has 5 nitrogen and oxygen atoms in total. The summed E-state index contributed by atoms with van der Waals surface area (Å²) in [5.41, 5.74) is 1.75. The summed E-state index contributed by atoms with van der Waals surface area (Å²) in [6.45, 7) is 3.75. The van der Waals surface area contributed by atoms with Gasteiger partial charge in [0.2, 0.25) is 15.9 Å². The van der Waals surface area contributed by atoms with E-state index in [4.69, 9.17) is 23.2 Å². The lowest BCUT2D eigenvalue weighted by Crippen LogP contribution is -2.33. The van der Waals surface area contributed by atoms with Crippen LogP contribution in [0, 0.1) is 6.92 Å². The van der Waals surface area contributed by atoms with Gasteiger partial charge in [0, 0.05) is 30.1 Å². The summed E-state index contributed by atoms with van der Waals surface area (Å²) >= 11 is 12.1. The second kappa shape index (κ2) is 9.06. The Morgan fingerprint density at radius 3 is 2.37 bits per heavy atom. The van der Waals surface area contributed by atoms with E-state index in [1.807, 2.05) is 13.8 Å². The van der Waals surface area contributed by atoms with E-state index in [0.29, 0.717) is 10.0 Å². The highest BCUT2D eigenvalue weighted by Gasteiger charge is 2.20. The minimum absolute atomic E-state index is 0.0143. The third-order valence-electron chi connectivity index (χ3n) is 4.35. The van der Waals surface area contributed by atoms with Crippen LogP contribution in [0.15, 0.2) is 47.4 Å². The van der Waals surface area contributed by atoms with Gasteiger partial charge in [-0.1, -0.05) is 47.0 Å². The molecule has 0 spiro atoms. The molecule has 8 heteroatoms. The van der Waals surface area contributed by atoms with Gasteiger partial charge in [0.15, 0.2) is 0 Å². The van der Waals surface area contributed by atoms with Crippen molar-refractivity contribution in [2.24, 2.45) is 0 Å². The minimum Gasteiger partial charge on any atom is -0.339 e. The van der Waals surface area contributed by atoms with Crippen LogP contribution in [-0.4, -0.2) is 32.8 Å². The maximum atomic E-state index is 12.4. The van der Waals surface area contributed by atoms with E-state index < -0.39 is 10.0 Å². The van der Waals surface area contributed by atoms with Crippen molar-refractivity contribution in [2.45, 2.75) is 31.2 Å². The molecule has 2 aromatic carbocycles. The molecule has 0 radical (unpaired) electrons. The van der Waals surface area contributed by atoms with Crippen LogP contribution in [0.5, 0.6) is 0 Å². The molecule has 1 unspecified atom stereocenters. The van der Waals surface area contributed by atoms with Crippen molar-refractivity contribution < 1.29 is 13.2 Å². The maximum absolute atomic E-state index is 12.4. The molecular formula is C19H22Cl2N2O3S. The summed E-state index contributed by atoms with van der Waals surface area (Å²) in [6, 6.07) is 11.4. The fourth-order valence-electron chi connectivity index (χ4n) is 2.53. The lowest BCUT2D eigenvalue weighted by atomic mass is 10.1. The van der Waals surface area contributed by atoms with E-state index in [-0.39, 0.29) is 29.8 Å². The standard InChI is InChI=1S/C19H22Cl2N2O3S/c1-13-4-7-16(8-5-13)27(25,26)22-11-10-19(24)23(3)14(2)17-9-6-15(20)12-18(17)21/h4-9,12,14,22H,10-11H2,1-3H3. The quantitative estimate of drug-likeness (QED) is 0.718. The summed E-state index contributed by atoms with van der Waals surface area (Å²) in [5, 5.41) is 1.00. The number of halogens is 2. The van der Waals surface area contributed by atoms with Gasteiger partial charge >= 0.3 is 0 Å². The molecule has 0 bridgehead atoms. The first-order valence-electron chi connectivity index (χ1n) is 8.39. The SMILES string of the molecule is Cc1ccc(S(=O)(=O)NCCC(=O)N(C)C(C)c2ccc(Cl)cc2Cl)cc1. The average Bonchev–Trinajstić information content (AvgIpc) is 2.60. The lowest BCUT2D eigenvalue weighted by molar-refractivity contribution is -0.131. The van der Waals surface area contributed by atoms with E-state index in [2.05, 4.69) is 4.72 Å². The molecule has 1 N–H and O–H groups in total. The molecule has 0 fully saturated rings. The highest BCUT2D eigenvalue weighted by atomic mass is 35.5. The predicted molar refractivity (Wildman–Crippen MR) is 109 cm³/mol. The molecule has 146 valence electrons. The first-order valence-corrected chi connectivity index (χ1v) is 10.6. The predicted octanol–water partition coefficient (Wildman–Crippen LogP) is 4.19. The van der Waals surface area contributed by atoms with Gasteiger partial charge in [0.1, 0.15) is 0 Å². The van der Waals surface area contributed by atoms with E-state index in [9.17, 15) is 13.2 Å². The highest BCUT2D eigenvalue weighted by molar-refractivity contribution is 7.89. The van der Waals surface area contributed by atoms with Crippen molar-refractivity contribution in [3.63, 3.8) is 0 Å². The van der Waals surface area contributed by atoms with E-state index in [1.165, 1.54) is 17.0 Å². The number of amides is 1. The van der Waals surface area contributed by atoms with Crippen LogP contribution in [-0.2, 0) is 14.8 Å². The van der Waals surface area contributed by atoms with Gasteiger partial charge in [0.05, 0.1) is 10.9 Å². The minimum atomic E-state index is -3.64. The van der Waals surface area contributed by atoms with E-state index in [0.717, 1.165) is 11.1 Å². The third kappa shape index (κ3) is 5.69. The second-order valence-corrected chi connectivity index (χ2v) is 8.92. The second-order valence-electron chi connectivity index (χ2n) is 6.31. The first kappa shape index (κ1) is 21.7. The Morgan fingerprint density at radius 1 is 1.15 bits per heavy atom. The zero-order valence-electron chi connectivity index (χ0n) is 15.4. The van der Waals surface area contributed by atoms with Crippen molar-refractivity contribution in [1.29, 1.82) is 0 Å². The topological polar surface area (TPSA) is 66.5 Å². The van der Waals surface area contributed by atoms with Gasteiger partial charge in [-0.3, -0.25) is 4.79 Å². The van der Waals surface area contributed by atoms with E-state index in [1.54, 1.807) is 37.4 Å². The summed E-state index contributed by atoms with van der Waals surface area (Å²) in [5.74, 6) is -0.194. The number of hydrogen-bond acceptors (Lipinski definition) is 3. The third-order valence-corrected chi connectivity index (χ3v) is 6.39. The summed E-state index contributed by atoms with van der Waals surface area (Å²) in [7, 11) is -1.98. The van der Waals surface area contributed by atoms with Gasteiger partial charge < -0.3 is 4.90 Å². The monoisotopic (exact) mass is 428 g/mol. The number of carbonyl (C=O) groups is 1. The highest BCUT2D eigenvalue weighted by Crippen LogP contribution is 2.29. The molecule has 2 aromatic rings. The number of aryl methyl sites for hydroxylation is 1. The smallest absolute Gasteiger partial charge is 0.240 e. The van der Waals surface area contributed by atoms with Crippen molar-refractivity contribution >= 4 is 39.1 Å². The number of carbonyl (C=O) groups excluding carboxylic acids is 1. The Hall–Kier alpha value is -1.60. The molecule has 27 heavy (non-hydrogen) atoms. The number of nitrogens with zero attached hydrogens (tertiary/aromatic N) is 1. The lowest BCUT2D eigenvalue weighted by Gasteiger charge is -2.26. The number of benzene rings is 2. The fraction of sp³-hybridized carbons (Fsp3) is 0.316. The molecule has 0 aliphatic rings. The molecule has 1 atom stereocenters. The average molecular weight is 429 g/mol. The maximum Gasteiger partial charge on any atom is 0.240 e.